The number of benzene rings is 1. The molecule has 0 aliphatic heterocycles. The Balaban J connectivity index is 2.48. The molecule has 0 saturated heterocycles. The minimum atomic E-state index is -0.668. The lowest BCUT2D eigenvalue weighted by atomic mass is 10.2. The van der Waals surface area contributed by atoms with Crippen LogP contribution in [0.15, 0.2) is 30.9 Å². The largest absolute Gasteiger partial charge is 0.366 e. The molecule has 2 N–H and O–H groups in total. The molecule has 0 unspecified atom stereocenters. The van der Waals surface area contributed by atoms with Crippen LogP contribution in [0, 0.1) is 5.82 Å². The van der Waals surface area contributed by atoms with Crippen LogP contribution in [0.5, 0.6) is 0 Å². The van der Waals surface area contributed by atoms with Crippen molar-refractivity contribution in [2.24, 2.45) is 5.73 Å². The number of carbonyl (C=O) groups is 1. The number of primary amides is 1. The summed E-state index contributed by atoms with van der Waals surface area (Å²) < 4.78 is 14.7. The van der Waals surface area contributed by atoms with Gasteiger partial charge in [-0.15, -0.1) is 0 Å². The Hall–Kier alpha value is -2.24. The highest BCUT2D eigenvalue weighted by molar-refractivity contribution is 5.92. The third-order valence-corrected chi connectivity index (χ3v) is 1.90. The molecular formula is C9H7FN4O. The van der Waals surface area contributed by atoms with Crippen LogP contribution in [0.2, 0.25) is 0 Å². The molecule has 1 aromatic carbocycles. The average molecular weight is 206 g/mol. The maximum Gasteiger partial charge on any atom is 0.248 e. The van der Waals surface area contributed by atoms with Crippen molar-refractivity contribution >= 4 is 5.91 Å². The van der Waals surface area contributed by atoms with E-state index in [4.69, 9.17) is 5.73 Å². The van der Waals surface area contributed by atoms with Gasteiger partial charge in [0, 0.05) is 5.56 Å². The Morgan fingerprint density at radius 2 is 2.27 bits per heavy atom. The summed E-state index contributed by atoms with van der Waals surface area (Å²) in [5, 5.41) is 3.77. The molecule has 0 radical (unpaired) electrons. The lowest BCUT2D eigenvalue weighted by molar-refractivity contribution is 0.1000. The quantitative estimate of drug-likeness (QED) is 0.777. The SMILES string of the molecule is NC(=O)c1ccc(-n2cncn2)c(F)c1. The van der Waals surface area contributed by atoms with Crippen molar-refractivity contribution in [1.82, 2.24) is 14.8 Å². The highest BCUT2D eigenvalue weighted by atomic mass is 19.1. The zero-order valence-corrected chi connectivity index (χ0v) is 7.59. The Morgan fingerprint density at radius 1 is 1.47 bits per heavy atom. The minimum absolute atomic E-state index is 0.122. The molecule has 5 nitrogen and oxygen atoms in total. The summed E-state index contributed by atoms with van der Waals surface area (Å²) in [5.41, 5.74) is 5.35. The van der Waals surface area contributed by atoms with E-state index in [0.29, 0.717) is 0 Å². The third-order valence-electron chi connectivity index (χ3n) is 1.90. The van der Waals surface area contributed by atoms with Gasteiger partial charge in [0.05, 0.1) is 0 Å². The minimum Gasteiger partial charge on any atom is -0.366 e. The van der Waals surface area contributed by atoms with Crippen molar-refractivity contribution in [3.8, 4) is 5.69 Å². The highest BCUT2D eigenvalue weighted by Gasteiger charge is 2.08. The van der Waals surface area contributed by atoms with E-state index in [1.807, 2.05) is 0 Å². The summed E-state index contributed by atoms with van der Waals surface area (Å²) in [6.07, 6.45) is 2.66. The standard InChI is InChI=1S/C9H7FN4O/c10-7-3-6(9(11)15)1-2-8(7)14-5-12-4-13-14/h1-5H,(H2,11,15). The van der Waals surface area contributed by atoms with E-state index in [1.165, 1.54) is 29.5 Å². The second kappa shape index (κ2) is 3.49. The molecule has 0 aliphatic carbocycles. The van der Waals surface area contributed by atoms with Crippen molar-refractivity contribution in [2.45, 2.75) is 0 Å². The number of hydrogen-bond donors (Lipinski definition) is 1. The van der Waals surface area contributed by atoms with Gasteiger partial charge in [0.15, 0.2) is 0 Å². The maximum absolute atomic E-state index is 13.5. The Labute approximate surface area is 84.3 Å². The Bertz CT molecular complexity index is 495. The van der Waals surface area contributed by atoms with E-state index in [9.17, 15) is 9.18 Å². The van der Waals surface area contributed by atoms with E-state index < -0.39 is 11.7 Å². The van der Waals surface area contributed by atoms with Crippen molar-refractivity contribution in [3.63, 3.8) is 0 Å². The van der Waals surface area contributed by atoms with Crippen LogP contribution in [0.4, 0.5) is 4.39 Å². The van der Waals surface area contributed by atoms with Gasteiger partial charge in [-0.2, -0.15) is 5.10 Å². The van der Waals surface area contributed by atoms with Gasteiger partial charge >= 0.3 is 0 Å². The third kappa shape index (κ3) is 1.69. The second-order valence-corrected chi connectivity index (χ2v) is 2.87. The van der Waals surface area contributed by atoms with Crippen molar-refractivity contribution in [1.29, 1.82) is 0 Å². The molecule has 0 spiro atoms. The first-order valence-electron chi connectivity index (χ1n) is 4.13. The first-order valence-corrected chi connectivity index (χ1v) is 4.13. The molecule has 15 heavy (non-hydrogen) atoms. The average Bonchev–Trinajstić information content (AvgIpc) is 2.70. The summed E-state index contributed by atoms with van der Waals surface area (Å²) >= 11 is 0. The molecule has 1 heterocycles. The summed E-state index contributed by atoms with van der Waals surface area (Å²) in [7, 11) is 0. The zero-order valence-electron chi connectivity index (χ0n) is 7.59. The molecule has 0 aliphatic rings. The molecule has 1 amide bonds. The fourth-order valence-electron chi connectivity index (χ4n) is 1.18. The van der Waals surface area contributed by atoms with Crippen LogP contribution in [0.1, 0.15) is 10.4 Å². The molecule has 76 valence electrons. The van der Waals surface area contributed by atoms with Crippen LogP contribution in [-0.2, 0) is 0 Å². The van der Waals surface area contributed by atoms with E-state index in [0.717, 1.165) is 6.07 Å². The number of rotatable bonds is 2. The molecule has 2 aromatic rings. The fourth-order valence-corrected chi connectivity index (χ4v) is 1.18. The number of halogens is 1. The number of aromatic nitrogens is 3. The maximum atomic E-state index is 13.5. The van der Waals surface area contributed by atoms with E-state index >= 15 is 0 Å². The fraction of sp³-hybridized carbons (Fsp3) is 0. The van der Waals surface area contributed by atoms with Crippen molar-refractivity contribution in [2.75, 3.05) is 0 Å². The van der Waals surface area contributed by atoms with Crippen molar-refractivity contribution in [3.05, 3.63) is 42.2 Å². The molecular weight excluding hydrogens is 199 g/mol. The smallest absolute Gasteiger partial charge is 0.248 e. The van der Waals surface area contributed by atoms with Crippen LogP contribution in [0.3, 0.4) is 0 Å². The predicted molar refractivity (Wildman–Crippen MR) is 49.8 cm³/mol. The van der Waals surface area contributed by atoms with Crippen LogP contribution < -0.4 is 5.73 Å². The van der Waals surface area contributed by atoms with Crippen LogP contribution in [0.25, 0.3) is 5.69 Å². The van der Waals surface area contributed by atoms with Crippen LogP contribution in [-0.4, -0.2) is 20.7 Å². The monoisotopic (exact) mass is 206 g/mol. The molecule has 2 rings (SSSR count). The van der Waals surface area contributed by atoms with Gasteiger partial charge in [0.25, 0.3) is 0 Å². The summed E-state index contributed by atoms with van der Waals surface area (Å²) in [6.45, 7) is 0. The second-order valence-electron chi connectivity index (χ2n) is 2.87. The van der Waals surface area contributed by atoms with Gasteiger partial charge in [0.1, 0.15) is 24.2 Å². The first kappa shape index (κ1) is 9.32. The van der Waals surface area contributed by atoms with Crippen LogP contribution >= 0.6 is 0 Å². The lowest BCUT2D eigenvalue weighted by Gasteiger charge is -2.03. The lowest BCUT2D eigenvalue weighted by Crippen LogP contribution is -2.11. The van der Waals surface area contributed by atoms with Gasteiger partial charge in [-0.1, -0.05) is 0 Å². The summed E-state index contributed by atoms with van der Waals surface area (Å²) in [4.78, 5) is 14.5. The van der Waals surface area contributed by atoms with Crippen molar-refractivity contribution < 1.29 is 9.18 Å². The molecule has 1 aromatic heterocycles. The van der Waals surface area contributed by atoms with E-state index in [1.54, 1.807) is 0 Å². The molecule has 0 atom stereocenters. The Kier molecular flexibility index (Phi) is 2.17. The van der Waals surface area contributed by atoms with E-state index in [2.05, 4.69) is 10.1 Å². The number of nitrogens with zero attached hydrogens (tertiary/aromatic N) is 3. The molecule has 0 bridgehead atoms. The van der Waals surface area contributed by atoms with Gasteiger partial charge in [0.2, 0.25) is 5.91 Å². The zero-order chi connectivity index (χ0) is 10.8. The molecule has 6 heteroatoms. The Morgan fingerprint density at radius 3 is 2.80 bits per heavy atom. The predicted octanol–water partition coefficient (Wildman–Crippen LogP) is 0.505. The van der Waals surface area contributed by atoms with Gasteiger partial charge in [-0.05, 0) is 18.2 Å². The molecule has 0 saturated carbocycles. The normalized spacial score (nSPS) is 10.2. The summed E-state index contributed by atoms with van der Waals surface area (Å²) in [5.74, 6) is -1.24. The number of amides is 1. The van der Waals surface area contributed by atoms with E-state index in [-0.39, 0.29) is 11.3 Å². The molecule has 0 fully saturated rings. The number of carbonyl (C=O) groups excluding carboxylic acids is 1. The van der Waals surface area contributed by atoms with Gasteiger partial charge in [-0.3, -0.25) is 4.79 Å². The highest BCUT2D eigenvalue weighted by Crippen LogP contribution is 2.13. The first-order chi connectivity index (χ1) is 7.18. The number of nitrogens with two attached hydrogens (primary N) is 1. The summed E-state index contributed by atoms with van der Waals surface area (Å²) in [6, 6.07) is 3.92. The number of hydrogen-bond acceptors (Lipinski definition) is 3. The van der Waals surface area contributed by atoms with Gasteiger partial charge < -0.3 is 5.73 Å². The van der Waals surface area contributed by atoms with Gasteiger partial charge in [-0.25, -0.2) is 14.1 Å². The topological polar surface area (TPSA) is 73.8 Å².